The van der Waals surface area contributed by atoms with Crippen molar-refractivity contribution in [3.63, 3.8) is 0 Å². The van der Waals surface area contributed by atoms with Crippen LogP contribution in [0.1, 0.15) is 35.2 Å². The van der Waals surface area contributed by atoms with Crippen molar-refractivity contribution in [1.29, 1.82) is 0 Å². The van der Waals surface area contributed by atoms with Crippen molar-refractivity contribution in [2.75, 3.05) is 52.4 Å². The maximum absolute atomic E-state index is 10.5. The molecule has 4 aromatic rings. The molecule has 2 unspecified atom stereocenters. The Morgan fingerprint density at radius 3 is 1.73 bits per heavy atom. The zero-order chi connectivity index (χ0) is 28.1. The van der Waals surface area contributed by atoms with Crippen LogP contribution in [0.15, 0.2) is 97.1 Å². The van der Waals surface area contributed by atoms with Crippen LogP contribution in [0.2, 0.25) is 0 Å². The van der Waals surface area contributed by atoms with Gasteiger partial charge in [0.25, 0.3) is 0 Å². The molecule has 0 radical (unpaired) electrons. The van der Waals surface area contributed by atoms with Crippen LogP contribution in [0.3, 0.4) is 0 Å². The Balaban J connectivity index is 0.000000139. The fraction of sp³-hybridized carbons (Fsp3) is 0.324. The number of hydrogen-bond acceptors (Lipinski definition) is 7. The van der Waals surface area contributed by atoms with E-state index in [1.807, 2.05) is 48.5 Å². The average Bonchev–Trinajstić information content (AvgIpc) is 3.25. The van der Waals surface area contributed by atoms with E-state index in [0.29, 0.717) is 11.9 Å². The lowest BCUT2D eigenvalue weighted by Gasteiger charge is -2.34. The summed E-state index contributed by atoms with van der Waals surface area (Å²) in [5.41, 5.74) is 5.79. The van der Waals surface area contributed by atoms with Gasteiger partial charge in [-0.2, -0.15) is 0 Å². The zero-order valence-electron chi connectivity index (χ0n) is 23.7. The van der Waals surface area contributed by atoms with Crippen molar-refractivity contribution in [3.8, 4) is 22.5 Å². The van der Waals surface area contributed by atoms with Crippen molar-refractivity contribution in [2.24, 2.45) is 0 Å². The predicted molar refractivity (Wildman–Crippen MR) is 166 cm³/mol. The largest absolute Gasteiger partial charge is 0.315 e. The minimum absolute atomic E-state index is 0.396. The third-order valence-electron chi connectivity index (χ3n) is 7.51. The quantitative estimate of drug-likeness (QED) is 0.352. The Morgan fingerprint density at radius 1 is 0.585 bits per heavy atom. The van der Waals surface area contributed by atoms with Crippen LogP contribution in [0, 0.1) is 0 Å². The Labute approximate surface area is 243 Å². The minimum atomic E-state index is 0.396. The number of carbonyl (C=O) groups is 1. The van der Waals surface area contributed by atoms with E-state index in [-0.39, 0.29) is 0 Å². The van der Waals surface area contributed by atoms with Crippen LogP contribution >= 0.6 is 0 Å². The number of nitrogens with one attached hydrogen (secondary N) is 2. The number of aromatic nitrogens is 2. The maximum atomic E-state index is 10.5. The summed E-state index contributed by atoms with van der Waals surface area (Å²) in [5.74, 6) is 0. The van der Waals surface area contributed by atoms with E-state index in [0.717, 1.165) is 36.3 Å². The van der Waals surface area contributed by atoms with E-state index in [9.17, 15) is 4.79 Å². The van der Waals surface area contributed by atoms with Gasteiger partial charge in [-0.15, -0.1) is 0 Å². The Bertz CT molecular complexity index is 1310. The van der Waals surface area contributed by atoms with E-state index in [2.05, 4.69) is 67.9 Å². The van der Waals surface area contributed by atoms with Crippen LogP contribution < -0.4 is 10.6 Å². The van der Waals surface area contributed by atoms with Gasteiger partial charge in [0.15, 0.2) is 6.29 Å². The number of carbonyl (C=O) groups excluding carboxylic acids is 1. The van der Waals surface area contributed by atoms with Gasteiger partial charge in [0, 0.05) is 50.4 Å². The summed E-state index contributed by atoms with van der Waals surface area (Å²) in [6, 6.07) is 32.1. The van der Waals surface area contributed by atoms with Gasteiger partial charge in [0.1, 0.15) is 11.9 Å². The van der Waals surface area contributed by atoms with Gasteiger partial charge in [-0.05, 0) is 50.2 Å². The number of nitrogens with zero attached hydrogens (tertiary/aromatic N) is 4. The third-order valence-corrected chi connectivity index (χ3v) is 7.51. The summed E-state index contributed by atoms with van der Waals surface area (Å²) in [6.45, 7) is 9.43. The molecule has 3 aliphatic rings. The second-order valence-electron chi connectivity index (χ2n) is 10.4. The first kappa shape index (κ1) is 28.8. The molecule has 2 atom stereocenters. The average molecular weight is 549 g/mol. The lowest BCUT2D eigenvalue weighted by atomic mass is 10.1. The highest BCUT2D eigenvalue weighted by Crippen LogP contribution is 2.33. The highest BCUT2D eigenvalue weighted by Gasteiger charge is 2.36. The topological polar surface area (TPSA) is 73.4 Å². The molecule has 5 heterocycles. The van der Waals surface area contributed by atoms with Crippen molar-refractivity contribution in [2.45, 2.75) is 19.0 Å². The number of hydrogen-bond donors (Lipinski definition) is 2. The van der Waals surface area contributed by atoms with Crippen molar-refractivity contribution < 1.29 is 4.79 Å². The van der Waals surface area contributed by atoms with Crippen LogP contribution in [0.25, 0.3) is 22.5 Å². The molecule has 3 aliphatic heterocycles. The predicted octanol–water partition coefficient (Wildman–Crippen LogP) is 4.90. The molecule has 2 aromatic carbocycles. The molecule has 0 spiro atoms. The maximum Gasteiger partial charge on any atom is 0.168 e. The zero-order valence-corrected chi connectivity index (χ0v) is 23.7. The van der Waals surface area contributed by atoms with Crippen molar-refractivity contribution in [1.82, 2.24) is 30.4 Å². The van der Waals surface area contributed by atoms with Crippen molar-refractivity contribution >= 4 is 6.29 Å². The van der Waals surface area contributed by atoms with Crippen molar-refractivity contribution in [3.05, 3.63) is 108 Å². The molecule has 7 rings (SSSR count). The number of rotatable bonds is 4. The monoisotopic (exact) mass is 548 g/mol. The first-order chi connectivity index (χ1) is 20.3. The molecular weight excluding hydrogens is 508 g/mol. The van der Waals surface area contributed by atoms with Gasteiger partial charge in [-0.3, -0.25) is 14.6 Å². The molecule has 0 saturated carbocycles. The molecule has 3 fully saturated rings. The molecule has 2 N–H and O–H groups in total. The highest BCUT2D eigenvalue weighted by molar-refractivity contribution is 5.73. The van der Waals surface area contributed by atoms with E-state index >= 15 is 0 Å². The molecule has 0 amide bonds. The van der Waals surface area contributed by atoms with Gasteiger partial charge < -0.3 is 10.6 Å². The second kappa shape index (κ2) is 15.3. The molecular formula is C34H40N6O. The van der Waals surface area contributed by atoms with Crippen LogP contribution in [-0.2, 0) is 0 Å². The van der Waals surface area contributed by atoms with Gasteiger partial charge in [0.05, 0.1) is 17.1 Å². The lowest BCUT2D eigenvalue weighted by molar-refractivity contribution is 0.0894. The summed E-state index contributed by atoms with van der Waals surface area (Å²) in [6.07, 6.45) is 3.72. The Kier molecular flexibility index (Phi) is 10.7. The Morgan fingerprint density at radius 2 is 1.15 bits per heavy atom. The molecule has 3 saturated heterocycles. The first-order valence-corrected chi connectivity index (χ1v) is 14.7. The van der Waals surface area contributed by atoms with E-state index in [4.69, 9.17) is 4.98 Å². The van der Waals surface area contributed by atoms with Gasteiger partial charge in [-0.25, -0.2) is 9.97 Å². The summed E-state index contributed by atoms with van der Waals surface area (Å²) < 4.78 is 0. The molecule has 212 valence electrons. The number of fused-ring (bicyclic) bond motifs is 2. The highest BCUT2D eigenvalue weighted by atomic mass is 16.1. The van der Waals surface area contributed by atoms with Gasteiger partial charge in [-0.1, -0.05) is 72.8 Å². The normalized spacial score (nSPS) is 21.3. The standard InChI is InChI=1S/C17H19N3.C12H9NO.C5H12N2/c1-2-6-14(7-3-1)15-8-4-9-16(18-15)17-19-10-5-11-20(17)13-12-19;14-9-11-7-4-8-12(13-11)10-5-2-1-3-6-10;1-2-6-4-5-7-3-1/h1-4,6-9,17H,5,10-13H2;1-9H;6-7H,1-5H2. The SMILES string of the molecule is C1CNCCNC1.O=Cc1cccc(-c2ccccc2)n1.c1ccc(-c2cccc(C3N4CCCN3CC4)n2)cc1. The molecule has 41 heavy (non-hydrogen) atoms. The van der Waals surface area contributed by atoms with Crippen LogP contribution in [-0.4, -0.2) is 78.4 Å². The summed E-state index contributed by atoms with van der Waals surface area (Å²) in [4.78, 5) is 24.8. The van der Waals surface area contributed by atoms with Crippen LogP contribution in [0.5, 0.6) is 0 Å². The summed E-state index contributed by atoms with van der Waals surface area (Å²) >= 11 is 0. The van der Waals surface area contributed by atoms with Gasteiger partial charge in [0.2, 0.25) is 0 Å². The fourth-order valence-corrected chi connectivity index (χ4v) is 5.47. The molecule has 2 bridgehead atoms. The van der Waals surface area contributed by atoms with E-state index < -0.39 is 0 Å². The van der Waals surface area contributed by atoms with E-state index in [1.165, 1.54) is 63.4 Å². The molecule has 2 aromatic heterocycles. The molecule has 0 aliphatic carbocycles. The smallest absolute Gasteiger partial charge is 0.168 e. The Hall–Kier alpha value is -3.75. The molecule has 7 heteroatoms. The third kappa shape index (κ3) is 8.15. The lowest BCUT2D eigenvalue weighted by Crippen LogP contribution is -2.38. The minimum Gasteiger partial charge on any atom is -0.315 e. The fourth-order valence-electron chi connectivity index (χ4n) is 5.47. The van der Waals surface area contributed by atoms with E-state index in [1.54, 1.807) is 6.07 Å². The van der Waals surface area contributed by atoms with Crippen LogP contribution in [0.4, 0.5) is 0 Å². The summed E-state index contributed by atoms with van der Waals surface area (Å²) in [7, 11) is 0. The molecule has 7 nitrogen and oxygen atoms in total. The number of aldehydes is 1. The number of pyridine rings is 2. The second-order valence-corrected chi connectivity index (χ2v) is 10.4. The summed E-state index contributed by atoms with van der Waals surface area (Å²) in [5, 5.41) is 6.57. The number of benzene rings is 2. The first-order valence-electron chi connectivity index (χ1n) is 14.7. The van der Waals surface area contributed by atoms with Gasteiger partial charge >= 0.3 is 0 Å².